The standard InChI is InChI=1S/C15H22N2O.ClH/c1-10-4-5-13(11(2)8-10)9-12(3)17-14(18)15(16)6-7-15;/h4-5,8,12H,6-7,9,16H2,1-3H3,(H,17,18);1H. The fourth-order valence-electron chi connectivity index (χ4n) is 2.18. The number of carbonyl (C=O) groups is 1. The van der Waals surface area contributed by atoms with Gasteiger partial charge in [-0.2, -0.15) is 0 Å². The lowest BCUT2D eigenvalue weighted by Crippen LogP contribution is -2.46. The van der Waals surface area contributed by atoms with Gasteiger partial charge in [-0.25, -0.2) is 0 Å². The molecule has 0 radical (unpaired) electrons. The number of carbonyl (C=O) groups excluding carboxylic acids is 1. The van der Waals surface area contributed by atoms with Crippen molar-refractivity contribution in [2.45, 2.75) is 51.6 Å². The van der Waals surface area contributed by atoms with Crippen molar-refractivity contribution < 1.29 is 4.79 Å². The van der Waals surface area contributed by atoms with E-state index in [1.165, 1.54) is 16.7 Å². The first-order valence-corrected chi connectivity index (χ1v) is 6.57. The highest BCUT2D eigenvalue weighted by molar-refractivity contribution is 5.89. The fraction of sp³-hybridized carbons (Fsp3) is 0.533. The van der Waals surface area contributed by atoms with Crippen LogP contribution in [0.15, 0.2) is 18.2 Å². The van der Waals surface area contributed by atoms with Crippen molar-refractivity contribution >= 4 is 18.3 Å². The lowest BCUT2D eigenvalue weighted by molar-refractivity contribution is -0.123. The molecule has 106 valence electrons. The smallest absolute Gasteiger partial charge is 0.240 e. The van der Waals surface area contributed by atoms with Crippen LogP contribution in [-0.2, 0) is 11.2 Å². The summed E-state index contributed by atoms with van der Waals surface area (Å²) in [6.07, 6.45) is 2.48. The van der Waals surface area contributed by atoms with E-state index in [0.717, 1.165) is 19.3 Å². The molecule has 1 unspecified atom stereocenters. The quantitative estimate of drug-likeness (QED) is 0.890. The maximum absolute atomic E-state index is 11.8. The van der Waals surface area contributed by atoms with Gasteiger partial charge in [-0.3, -0.25) is 4.79 Å². The van der Waals surface area contributed by atoms with E-state index in [1.807, 2.05) is 6.92 Å². The van der Waals surface area contributed by atoms with Crippen molar-refractivity contribution in [1.29, 1.82) is 0 Å². The lowest BCUT2D eigenvalue weighted by atomic mass is 10.00. The highest BCUT2D eigenvalue weighted by Crippen LogP contribution is 2.32. The normalized spacial score (nSPS) is 17.3. The van der Waals surface area contributed by atoms with Gasteiger partial charge >= 0.3 is 0 Å². The molecule has 0 heterocycles. The van der Waals surface area contributed by atoms with Crippen molar-refractivity contribution in [3.63, 3.8) is 0 Å². The topological polar surface area (TPSA) is 55.1 Å². The van der Waals surface area contributed by atoms with E-state index in [1.54, 1.807) is 0 Å². The predicted octanol–water partition coefficient (Wildman–Crippen LogP) is 2.26. The maximum Gasteiger partial charge on any atom is 0.240 e. The molecule has 1 aromatic rings. The number of benzene rings is 1. The number of rotatable bonds is 4. The summed E-state index contributed by atoms with van der Waals surface area (Å²) < 4.78 is 0. The molecule has 19 heavy (non-hydrogen) atoms. The Morgan fingerprint density at radius 1 is 1.42 bits per heavy atom. The Balaban J connectivity index is 0.00000180. The Bertz CT molecular complexity index is 469. The van der Waals surface area contributed by atoms with E-state index in [4.69, 9.17) is 5.73 Å². The lowest BCUT2D eigenvalue weighted by Gasteiger charge is -2.18. The van der Waals surface area contributed by atoms with Gasteiger partial charge in [0.2, 0.25) is 5.91 Å². The largest absolute Gasteiger partial charge is 0.352 e. The Hall–Kier alpha value is -1.06. The molecule has 1 saturated carbocycles. The third kappa shape index (κ3) is 3.95. The van der Waals surface area contributed by atoms with Gasteiger partial charge in [0.05, 0.1) is 5.54 Å². The van der Waals surface area contributed by atoms with E-state index in [2.05, 4.69) is 37.4 Å². The third-order valence-corrected chi connectivity index (χ3v) is 3.64. The van der Waals surface area contributed by atoms with Crippen molar-refractivity contribution in [3.8, 4) is 0 Å². The first-order valence-electron chi connectivity index (χ1n) is 6.57. The zero-order valence-corrected chi connectivity index (χ0v) is 12.6. The molecule has 0 spiro atoms. The van der Waals surface area contributed by atoms with Crippen LogP contribution in [0.3, 0.4) is 0 Å². The molecule has 0 aromatic heterocycles. The van der Waals surface area contributed by atoms with Gasteiger partial charge in [0.15, 0.2) is 0 Å². The van der Waals surface area contributed by atoms with Crippen LogP contribution in [0.4, 0.5) is 0 Å². The second kappa shape index (κ2) is 5.93. The Morgan fingerprint density at radius 2 is 2.05 bits per heavy atom. The fourth-order valence-corrected chi connectivity index (χ4v) is 2.18. The molecular formula is C15H23ClN2O. The summed E-state index contributed by atoms with van der Waals surface area (Å²) in [4.78, 5) is 11.8. The monoisotopic (exact) mass is 282 g/mol. The van der Waals surface area contributed by atoms with Gasteiger partial charge in [-0.1, -0.05) is 23.8 Å². The van der Waals surface area contributed by atoms with Gasteiger partial charge in [0, 0.05) is 6.04 Å². The molecule has 2 rings (SSSR count). The summed E-state index contributed by atoms with van der Waals surface area (Å²) in [6, 6.07) is 6.56. The van der Waals surface area contributed by atoms with Crippen LogP contribution in [-0.4, -0.2) is 17.5 Å². The zero-order valence-electron chi connectivity index (χ0n) is 11.8. The van der Waals surface area contributed by atoms with Crippen LogP contribution in [0.25, 0.3) is 0 Å². The Kier molecular flexibility index (Phi) is 4.99. The minimum atomic E-state index is -0.573. The number of nitrogens with one attached hydrogen (secondary N) is 1. The molecule has 1 fully saturated rings. The average molecular weight is 283 g/mol. The van der Waals surface area contributed by atoms with Crippen LogP contribution in [0, 0.1) is 13.8 Å². The first kappa shape index (κ1) is 16.0. The van der Waals surface area contributed by atoms with Crippen LogP contribution in [0.1, 0.15) is 36.5 Å². The molecule has 0 aliphatic heterocycles. The van der Waals surface area contributed by atoms with Gasteiger partial charge in [0.1, 0.15) is 0 Å². The van der Waals surface area contributed by atoms with Crippen molar-refractivity contribution in [2.75, 3.05) is 0 Å². The summed E-state index contributed by atoms with van der Waals surface area (Å²) in [5.74, 6) is -0.000218. The summed E-state index contributed by atoms with van der Waals surface area (Å²) >= 11 is 0. The van der Waals surface area contributed by atoms with Gasteiger partial charge < -0.3 is 11.1 Å². The number of hydrogen-bond acceptors (Lipinski definition) is 2. The maximum atomic E-state index is 11.8. The Labute approximate surface area is 121 Å². The van der Waals surface area contributed by atoms with Gasteiger partial charge in [0.25, 0.3) is 0 Å². The predicted molar refractivity (Wildman–Crippen MR) is 80.6 cm³/mol. The molecule has 1 atom stereocenters. The first-order chi connectivity index (χ1) is 8.40. The van der Waals surface area contributed by atoms with Crippen molar-refractivity contribution in [3.05, 3.63) is 34.9 Å². The highest BCUT2D eigenvalue weighted by Gasteiger charge is 2.46. The number of aryl methyl sites for hydroxylation is 2. The second-order valence-electron chi connectivity index (χ2n) is 5.66. The summed E-state index contributed by atoms with van der Waals surface area (Å²) in [5.41, 5.74) is 9.14. The Morgan fingerprint density at radius 3 is 2.58 bits per heavy atom. The molecule has 4 heteroatoms. The van der Waals surface area contributed by atoms with Crippen LogP contribution in [0.5, 0.6) is 0 Å². The number of halogens is 1. The average Bonchev–Trinajstić information content (AvgIpc) is 3.02. The second-order valence-corrected chi connectivity index (χ2v) is 5.66. The molecule has 3 N–H and O–H groups in total. The summed E-state index contributed by atoms with van der Waals surface area (Å²) in [6.45, 7) is 6.23. The van der Waals surface area contributed by atoms with Gasteiger partial charge in [-0.05, 0) is 51.2 Å². The van der Waals surface area contributed by atoms with E-state index >= 15 is 0 Å². The molecular weight excluding hydrogens is 260 g/mol. The van der Waals surface area contributed by atoms with Crippen molar-refractivity contribution in [1.82, 2.24) is 5.32 Å². The molecule has 1 aromatic carbocycles. The van der Waals surface area contributed by atoms with Crippen molar-refractivity contribution in [2.24, 2.45) is 5.73 Å². The van der Waals surface area contributed by atoms with Crippen LogP contribution >= 0.6 is 12.4 Å². The number of amides is 1. The third-order valence-electron chi connectivity index (χ3n) is 3.64. The highest BCUT2D eigenvalue weighted by atomic mass is 35.5. The molecule has 1 aliphatic rings. The van der Waals surface area contributed by atoms with Crippen LogP contribution < -0.4 is 11.1 Å². The van der Waals surface area contributed by atoms with E-state index in [0.29, 0.717) is 0 Å². The molecule has 1 amide bonds. The zero-order chi connectivity index (χ0) is 13.3. The summed E-state index contributed by atoms with van der Waals surface area (Å²) in [7, 11) is 0. The molecule has 0 saturated heterocycles. The summed E-state index contributed by atoms with van der Waals surface area (Å²) in [5, 5.41) is 3.01. The molecule has 3 nitrogen and oxygen atoms in total. The van der Waals surface area contributed by atoms with Crippen LogP contribution in [0.2, 0.25) is 0 Å². The number of hydrogen-bond donors (Lipinski definition) is 2. The number of nitrogens with two attached hydrogens (primary N) is 1. The van der Waals surface area contributed by atoms with E-state index in [9.17, 15) is 4.79 Å². The molecule has 0 bridgehead atoms. The SMILES string of the molecule is Cc1ccc(CC(C)NC(=O)C2(N)CC2)c(C)c1.Cl. The van der Waals surface area contributed by atoms with E-state index in [-0.39, 0.29) is 24.4 Å². The van der Waals surface area contributed by atoms with E-state index < -0.39 is 5.54 Å². The minimum absolute atomic E-state index is 0. The minimum Gasteiger partial charge on any atom is -0.352 e. The van der Waals surface area contributed by atoms with Gasteiger partial charge in [-0.15, -0.1) is 12.4 Å². The molecule has 1 aliphatic carbocycles.